The van der Waals surface area contributed by atoms with Gasteiger partial charge in [0.15, 0.2) is 0 Å². The Labute approximate surface area is 86.2 Å². The number of ether oxygens (including phenoxy) is 1. The average Bonchev–Trinajstić information content (AvgIpc) is 2.25. The molecule has 1 rings (SSSR count). The summed E-state index contributed by atoms with van der Waals surface area (Å²) < 4.78 is 4.84. The first-order valence-corrected chi connectivity index (χ1v) is 5.58. The third kappa shape index (κ3) is 4.61. The van der Waals surface area contributed by atoms with Gasteiger partial charge >= 0.3 is 0 Å². The average molecular weight is 199 g/mol. The third-order valence-electron chi connectivity index (χ3n) is 2.85. The minimum atomic E-state index is 0.123. The highest BCUT2D eigenvalue weighted by Crippen LogP contribution is 2.22. The predicted molar refractivity (Wildman–Crippen MR) is 56.1 cm³/mol. The van der Waals surface area contributed by atoms with Gasteiger partial charge in [-0.1, -0.05) is 19.3 Å². The van der Waals surface area contributed by atoms with Gasteiger partial charge in [-0.3, -0.25) is 4.79 Å². The van der Waals surface area contributed by atoms with Crippen molar-refractivity contribution in [3.63, 3.8) is 0 Å². The SMILES string of the molecule is COCCC(=O)NCC1CCCCC1. The molecule has 0 spiro atoms. The predicted octanol–water partition coefficient (Wildman–Crippen LogP) is 1.72. The van der Waals surface area contributed by atoms with Gasteiger partial charge in [0.05, 0.1) is 6.61 Å². The maximum Gasteiger partial charge on any atom is 0.222 e. The number of methoxy groups -OCH3 is 1. The summed E-state index contributed by atoms with van der Waals surface area (Å²) in [4.78, 5) is 11.3. The number of carbonyl (C=O) groups is 1. The van der Waals surface area contributed by atoms with Crippen LogP contribution in [-0.2, 0) is 9.53 Å². The monoisotopic (exact) mass is 199 g/mol. The van der Waals surface area contributed by atoms with Crippen LogP contribution in [0.25, 0.3) is 0 Å². The van der Waals surface area contributed by atoms with Crippen molar-refractivity contribution >= 4 is 5.91 Å². The fourth-order valence-electron chi connectivity index (χ4n) is 1.93. The van der Waals surface area contributed by atoms with Crippen molar-refractivity contribution in [3.8, 4) is 0 Å². The standard InChI is InChI=1S/C11H21NO2/c1-14-8-7-11(13)12-9-10-5-3-2-4-6-10/h10H,2-9H2,1H3,(H,12,13). The molecule has 0 radical (unpaired) electrons. The highest BCUT2D eigenvalue weighted by molar-refractivity contribution is 5.75. The fraction of sp³-hybridized carbons (Fsp3) is 0.909. The van der Waals surface area contributed by atoms with Crippen molar-refractivity contribution < 1.29 is 9.53 Å². The summed E-state index contributed by atoms with van der Waals surface area (Å²) in [5.41, 5.74) is 0. The zero-order valence-electron chi connectivity index (χ0n) is 9.05. The summed E-state index contributed by atoms with van der Waals surface area (Å²) in [7, 11) is 1.62. The molecule has 0 aromatic heterocycles. The van der Waals surface area contributed by atoms with Crippen LogP contribution < -0.4 is 5.32 Å². The molecule has 14 heavy (non-hydrogen) atoms. The van der Waals surface area contributed by atoms with E-state index in [9.17, 15) is 4.79 Å². The first-order valence-electron chi connectivity index (χ1n) is 5.58. The number of carbonyl (C=O) groups excluding carboxylic acids is 1. The molecule has 1 aliphatic carbocycles. The van der Waals surface area contributed by atoms with E-state index >= 15 is 0 Å². The largest absolute Gasteiger partial charge is 0.384 e. The fourth-order valence-corrected chi connectivity index (χ4v) is 1.93. The quantitative estimate of drug-likeness (QED) is 0.732. The summed E-state index contributed by atoms with van der Waals surface area (Å²) in [5, 5.41) is 2.97. The van der Waals surface area contributed by atoms with Crippen molar-refractivity contribution in [1.82, 2.24) is 5.32 Å². The Kier molecular flexibility index (Phi) is 5.60. The van der Waals surface area contributed by atoms with E-state index in [1.54, 1.807) is 7.11 Å². The molecule has 1 amide bonds. The lowest BCUT2D eigenvalue weighted by Crippen LogP contribution is -2.30. The zero-order valence-corrected chi connectivity index (χ0v) is 9.05. The zero-order chi connectivity index (χ0) is 10.2. The van der Waals surface area contributed by atoms with Crippen molar-refractivity contribution in [2.24, 2.45) is 5.92 Å². The molecule has 0 unspecified atom stereocenters. The molecule has 0 aromatic carbocycles. The van der Waals surface area contributed by atoms with E-state index in [1.165, 1.54) is 32.1 Å². The molecule has 0 heterocycles. The van der Waals surface area contributed by atoms with Crippen LogP contribution in [0.4, 0.5) is 0 Å². The van der Waals surface area contributed by atoms with Gasteiger partial charge in [0, 0.05) is 20.1 Å². The van der Waals surface area contributed by atoms with Crippen LogP contribution in [0, 0.1) is 5.92 Å². The van der Waals surface area contributed by atoms with E-state index in [2.05, 4.69) is 5.32 Å². The Morgan fingerprint density at radius 2 is 2.07 bits per heavy atom. The lowest BCUT2D eigenvalue weighted by atomic mass is 9.89. The van der Waals surface area contributed by atoms with Gasteiger partial charge < -0.3 is 10.1 Å². The second-order valence-electron chi connectivity index (χ2n) is 4.05. The van der Waals surface area contributed by atoms with Gasteiger partial charge in [0.2, 0.25) is 5.91 Å². The van der Waals surface area contributed by atoms with Crippen molar-refractivity contribution in [1.29, 1.82) is 0 Å². The van der Waals surface area contributed by atoms with Crippen LogP contribution in [0.1, 0.15) is 38.5 Å². The second-order valence-corrected chi connectivity index (χ2v) is 4.05. The van der Waals surface area contributed by atoms with Crippen LogP contribution in [0.2, 0.25) is 0 Å². The molecular formula is C11H21NO2. The van der Waals surface area contributed by atoms with Gasteiger partial charge in [-0.25, -0.2) is 0 Å². The molecule has 3 heteroatoms. The molecule has 82 valence electrons. The molecule has 0 atom stereocenters. The van der Waals surface area contributed by atoms with Crippen LogP contribution in [0.5, 0.6) is 0 Å². The first kappa shape index (κ1) is 11.5. The van der Waals surface area contributed by atoms with Gasteiger partial charge in [-0.05, 0) is 18.8 Å². The lowest BCUT2D eigenvalue weighted by molar-refractivity contribution is -0.122. The maximum absolute atomic E-state index is 11.3. The second kappa shape index (κ2) is 6.82. The van der Waals surface area contributed by atoms with Gasteiger partial charge in [0.25, 0.3) is 0 Å². The molecular weight excluding hydrogens is 178 g/mol. The Bertz CT molecular complexity index is 165. The van der Waals surface area contributed by atoms with Crippen LogP contribution >= 0.6 is 0 Å². The number of hydrogen-bond donors (Lipinski definition) is 1. The van der Waals surface area contributed by atoms with Crippen LogP contribution in [0.3, 0.4) is 0 Å². The molecule has 1 N–H and O–H groups in total. The van der Waals surface area contributed by atoms with E-state index < -0.39 is 0 Å². The van der Waals surface area contributed by atoms with E-state index in [-0.39, 0.29) is 5.91 Å². The normalized spacial score (nSPS) is 18.1. The smallest absolute Gasteiger partial charge is 0.222 e. The molecule has 0 aromatic rings. The van der Waals surface area contributed by atoms with Crippen molar-refractivity contribution in [3.05, 3.63) is 0 Å². The molecule has 1 aliphatic rings. The van der Waals surface area contributed by atoms with E-state index in [1.807, 2.05) is 0 Å². The minimum absolute atomic E-state index is 0.123. The van der Waals surface area contributed by atoms with Crippen LogP contribution in [0.15, 0.2) is 0 Å². The van der Waals surface area contributed by atoms with Crippen molar-refractivity contribution in [2.75, 3.05) is 20.3 Å². The number of amides is 1. The first-order chi connectivity index (χ1) is 6.83. The molecule has 0 aliphatic heterocycles. The van der Waals surface area contributed by atoms with E-state index in [4.69, 9.17) is 4.74 Å². The summed E-state index contributed by atoms with van der Waals surface area (Å²) in [6.45, 7) is 1.39. The van der Waals surface area contributed by atoms with Crippen molar-refractivity contribution in [2.45, 2.75) is 38.5 Å². The van der Waals surface area contributed by atoms with Gasteiger partial charge in [-0.15, -0.1) is 0 Å². The number of nitrogens with one attached hydrogen (secondary N) is 1. The summed E-state index contributed by atoms with van der Waals surface area (Å²) in [6.07, 6.45) is 7.09. The molecule has 0 bridgehead atoms. The Balaban J connectivity index is 2.03. The summed E-state index contributed by atoms with van der Waals surface area (Å²) in [5.74, 6) is 0.840. The molecule has 1 fully saturated rings. The van der Waals surface area contributed by atoms with E-state index in [0.717, 1.165) is 12.5 Å². The summed E-state index contributed by atoms with van der Waals surface area (Å²) >= 11 is 0. The lowest BCUT2D eigenvalue weighted by Gasteiger charge is -2.21. The van der Waals surface area contributed by atoms with Crippen LogP contribution in [-0.4, -0.2) is 26.2 Å². The van der Waals surface area contributed by atoms with Gasteiger partial charge in [0.1, 0.15) is 0 Å². The number of hydrogen-bond acceptors (Lipinski definition) is 2. The molecule has 1 saturated carbocycles. The van der Waals surface area contributed by atoms with Gasteiger partial charge in [-0.2, -0.15) is 0 Å². The topological polar surface area (TPSA) is 38.3 Å². The van der Waals surface area contributed by atoms with E-state index in [0.29, 0.717) is 13.0 Å². The Morgan fingerprint density at radius 1 is 1.36 bits per heavy atom. The minimum Gasteiger partial charge on any atom is -0.384 e. The Morgan fingerprint density at radius 3 is 2.71 bits per heavy atom. The molecule has 3 nitrogen and oxygen atoms in total. The Hall–Kier alpha value is -0.570. The molecule has 0 saturated heterocycles. The third-order valence-corrected chi connectivity index (χ3v) is 2.85. The number of rotatable bonds is 5. The summed E-state index contributed by atoms with van der Waals surface area (Å²) in [6, 6.07) is 0. The highest BCUT2D eigenvalue weighted by atomic mass is 16.5. The maximum atomic E-state index is 11.3. The highest BCUT2D eigenvalue weighted by Gasteiger charge is 2.13.